The van der Waals surface area contributed by atoms with E-state index >= 15 is 0 Å². The summed E-state index contributed by atoms with van der Waals surface area (Å²) in [5.74, 6) is 1.22. The van der Waals surface area contributed by atoms with E-state index in [1.54, 1.807) is 0 Å². The Morgan fingerprint density at radius 3 is 2.94 bits per heavy atom. The van der Waals surface area contributed by atoms with Gasteiger partial charge in [-0.3, -0.25) is 4.79 Å². The lowest BCUT2D eigenvalue weighted by atomic mass is 10.1. The minimum absolute atomic E-state index is 0.159. The van der Waals surface area contributed by atoms with Crippen molar-refractivity contribution in [3.05, 3.63) is 0 Å². The maximum absolute atomic E-state index is 12.1. The third kappa shape index (κ3) is 3.98. The zero-order valence-corrected chi connectivity index (χ0v) is 11.3. The Hall–Kier alpha value is -0.220. The van der Waals surface area contributed by atoms with Crippen LogP contribution in [0.4, 0.5) is 0 Å². The highest BCUT2D eigenvalue weighted by molar-refractivity contribution is 8.00. The zero-order chi connectivity index (χ0) is 12.0. The van der Waals surface area contributed by atoms with Gasteiger partial charge in [0.25, 0.3) is 0 Å². The maximum atomic E-state index is 12.1. The molecule has 0 spiro atoms. The second-order valence-corrected chi connectivity index (χ2v) is 5.84. The van der Waals surface area contributed by atoms with Gasteiger partial charge in [-0.1, -0.05) is 26.7 Å². The van der Waals surface area contributed by atoms with Crippen LogP contribution in [-0.4, -0.2) is 40.9 Å². The molecule has 0 aromatic heterocycles. The van der Waals surface area contributed by atoms with Crippen LogP contribution in [0.5, 0.6) is 0 Å². The van der Waals surface area contributed by atoms with Crippen molar-refractivity contribution in [1.82, 2.24) is 4.90 Å². The van der Waals surface area contributed by atoms with E-state index in [9.17, 15) is 4.79 Å². The first-order valence-corrected chi connectivity index (χ1v) is 7.39. The molecule has 1 saturated heterocycles. The van der Waals surface area contributed by atoms with Gasteiger partial charge in [0.1, 0.15) is 0 Å². The SMILES string of the molecule is CCCC[C@H](N)C(=O)N1CCSC(CC)C1. The number of thioether (sulfide) groups is 1. The molecule has 0 aliphatic carbocycles. The fourth-order valence-corrected chi connectivity index (χ4v) is 3.13. The molecule has 1 aliphatic heterocycles. The van der Waals surface area contributed by atoms with E-state index in [2.05, 4.69) is 13.8 Å². The number of amides is 1. The maximum Gasteiger partial charge on any atom is 0.239 e. The van der Waals surface area contributed by atoms with E-state index in [-0.39, 0.29) is 11.9 Å². The van der Waals surface area contributed by atoms with Gasteiger partial charge in [-0.05, 0) is 12.8 Å². The van der Waals surface area contributed by atoms with Crippen molar-refractivity contribution in [3.8, 4) is 0 Å². The summed E-state index contributed by atoms with van der Waals surface area (Å²) >= 11 is 1.98. The number of rotatable bonds is 5. The second kappa shape index (κ2) is 7.17. The summed E-state index contributed by atoms with van der Waals surface area (Å²) in [6.45, 7) is 6.07. The number of hydrogen-bond acceptors (Lipinski definition) is 3. The number of carbonyl (C=O) groups is 1. The lowest BCUT2D eigenvalue weighted by molar-refractivity contribution is -0.132. The van der Waals surface area contributed by atoms with E-state index in [0.29, 0.717) is 5.25 Å². The average Bonchev–Trinajstić information content (AvgIpc) is 2.35. The molecule has 1 aliphatic rings. The predicted octanol–water partition coefficient (Wildman–Crippen LogP) is 1.86. The van der Waals surface area contributed by atoms with Crippen molar-refractivity contribution >= 4 is 17.7 Å². The molecular weight excluding hydrogens is 220 g/mol. The third-order valence-electron chi connectivity index (χ3n) is 3.09. The molecule has 3 nitrogen and oxygen atoms in total. The molecular formula is C12H24N2OS. The molecule has 1 fully saturated rings. The molecule has 16 heavy (non-hydrogen) atoms. The minimum Gasteiger partial charge on any atom is -0.339 e. The lowest BCUT2D eigenvalue weighted by Crippen LogP contribution is -2.49. The summed E-state index contributed by atoms with van der Waals surface area (Å²) in [4.78, 5) is 14.0. The summed E-state index contributed by atoms with van der Waals surface area (Å²) < 4.78 is 0. The van der Waals surface area contributed by atoms with Gasteiger partial charge in [-0.2, -0.15) is 11.8 Å². The van der Waals surface area contributed by atoms with Gasteiger partial charge >= 0.3 is 0 Å². The van der Waals surface area contributed by atoms with Crippen LogP contribution >= 0.6 is 11.8 Å². The van der Waals surface area contributed by atoms with Gasteiger partial charge in [0.2, 0.25) is 5.91 Å². The van der Waals surface area contributed by atoms with Gasteiger partial charge in [0, 0.05) is 24.1 Å². The van der Waals surface area contributed by atoms with Crippen LogP contribution in [0.15, 0.2) is 0 Å². The second-order valence-electron chi connectivity index (χ2n) is 4.43. The molecule has 1 rings (SSSR count). The quantitative estimate of drug-likeness (QED) is 0.803. The number of hydrogen-bond donors (Lipinski definition) is 1. The molecule has 0 aromatic rings. The van der Waals surface area contributed by atoms with E-state index < -0.39 is 0 Å². The summed E-state index contributed by atoms with van der Waals surface area (Å²) in [5.41, 5.74) is 5.92. The van der Waals surface area contributed by atoms with Crippen LogP contribution in [0, 0.1) is 0 Å². The third-order valence-corrected chi connectivity index (χ3v) is 4.46. The first-order chi connectivity index (χ1) is 7.69. The van der Waals surface area contributed by atoms with Crippen LogP contribution in [0.25, 0.3) is 0 Å². The highest BCUT2D eigenvalue weighted by Crippen LogP contribution is 2.21. The lowest BCUT2D eigenvalue weighted by Gasteiger charge is -2.33. The predicted molar refractivity (Wildman–Crippen MR) is 70.6 cm³/mol. The highest BCUT2D eigenvalue weighted by atomic mass is 32.2. The molecule has 1 unspecified atom stereocenters. The van der Waals surface area contributed by atoms with Crippen LogP contribution in [0.3, 0.4) is 0 Å². The van der Waals surface area contributed by atoms with Gasteiger partial charge in [-0.15, -0.1) is 0 Å². The number of nitrogens with two attached hydrogens (primary N) is 1. The van der Waals surface area contributed by atoms with Gasteiger partial charge in [0.15, 0.2) is 0 Å². The fraction of sp³-hybridized carbons (Fsp3) is 0.917. The van der Waals surface area contributed by atoms with Gasteiger partial charge in [0.05, 0.1) is 6.04 Å². The Balaban J connectivity index is 2.40. The Morgan fingerprint density at radius 1 is 1.56 bits per heavy atom. The molecule has 0 radical (unpaired) electrons. The van der Waals surface area contributed by atoms with Crippen molar-refractivity contribution in [2.24, 2.45) is 5.73 Å². The Labute approximate surface area is 103 Å². The minimum atomic E-state index is -0.277. The van der Waals surface area contributed by atoms with Crippen LogP contribution in [-0.2, 0) is 4.79 Å². The molecule has 1 heterocycles. The number of carbonyl (C=O) groups excluding carboxylic acids is 1. The largest absolute Gasteiger partial charge is 0.339 e. The molecule has 2 N–H and O–H groups in total. The van der Waals surface area contributed by atoms with Crippen molar-refractivity contribution < 1.29 is 4.79 Å². The Bertz CT molecular complexity index is 223. The molecule has 0 bridgehead atoms. The fourth-order valence-electron chi connectivity index (χ4n) is 1.95. The number of unbranched alkanes of at least 4 members (excludes halogenated alkanes) is 1. The molecule has 94 valence electrons. The van der Waals surface area contributed by atoms with Crippen LogP contribution < -0.4 is 5.73 Å². The van der Waals surface area contributed by atoms with Gasteiger partial charge in [-0.25, -0.2) is 0 Å². The highest BCUT2D eigenvalue weighted by Gasteiger charge is 2.26. The first kappa shape index (κ1) is 13.8. The van der Waals surface area contributed by atoms with E-state index in [0.717, 1.165) is 44.5 Å². The van der Waals surface area contributed by atoms with E-state index in [1.165, 1.54) is 0 Å². The van der Waals surface area contributed by atoms with E-state index in [1.807, 2.05) is 16.7 Å². The van der Waals surface area contributed by atoms with Crippen LogP contribution in [0.2, 0.25) is 0 Å². The van der Waals surface area contributed by atoms with Gasteiger partial charge < -0.3 is 10.6 Å². The summed E-state index contributed by atoms with van der Waals surface area (Å²) in [6.07, 6.45) is 4.12. The summed E-state index contributed by atoms with van der Waals surface area (Å²) in [6, 6.07) is -0.277. The zero-order valence-electron chi connectivity index (χ0n) is 10.4. The topological polar surface area (TPSA) is 46.3 Å². The van der Waals surface area contributed by atoms with Crippen molar-refractivity contribution in [2.75, 3.05) is 18.8 Å². The summed E-state index contributed by atoms with van der Waals surface area (Å²) in [7, 11) is 0. The average molecular weight is 244 g/mol. The van der Waals surface area contributed by atoms with E-state index in [4.69, 9.17) is 5.73 Å². The normalized spacial score (nSPS) is 23.2. The smallest absolute Gasteiger partial charge is 0.239 e. The monoisotopic (exact) mass is 244 g/mol. The molecule has 4 heteroatoms. The van der Waals surface area contributed by atoms with Crippen molar-refractivity contribution in [1.29, 1.82) is 0 Å². The summed E-state index contributed by atoms with van der Waals surface area (Å²) in [5, 5.41) is 0.607. The Kier molecular flexibility index (Phi) is 6.21. The number of nitrogens with zero attached hydrogens (tertiary/aromatic N) is 1. The molecule has 1 amide bonds. The molecule has 0 aromatic carbocycles. The standard InChI is InChI=1S/C12H24N2OS/c1-3-5-6-11(13)12(15)14-7-8-16-10(4-2)9-14/h10-11H,3-9,13H2,1-2H3/t10?,11-/m0/s1. The first-order valence-electron chi connectivity index (χ1n) is 6.35. The molecule has 0 saturated carbocycles. The molecule has 2 atom stereocenters. The Morgan fingerprint density at radius 2 is 2.31 bits per heavy atom. The van der Waals surface area contributed by atoms with Crippen molar-refractivity contribution in [2.45, 2.75) is 50.8 Å². The van der Waals surface area contributed by atoms with Crippen molar-refractivity contribution in [3.63, 3.8) is 0 Å². The van der Waals surface area contributed by atoms with Crippen LogP contribution in [0.1, 0.15) is 39.5 Å².